The molecule has 1 N–H and O–H groups in total. The number of aromatic nitrogens is 1. The first-order valence-electron chi connectivity index (χ1n) is 8.04. The molecule has 1 aromatic heterocycles. The first-order chi connectivity index (χ1) is 13.1. The van der Waals surface area contributed by atoms with Gasteiger partial charge in [0.25, 0.3) is 0 Å². The van der Waals surface area contributed by atoms with Crippen molar-refractivity contribution in [3.8, 4) is 5.75 Å². The SMILES string of the molecule is COc1ccccc1C(Sc1ccccn1)C(=O)Nc1cc(Cl)cc(Cl)c1. The Kier molecular flexibility index (Phi) is 6.61. The predicted octanol–water partition coefficient (Wildman–Crippen LogP) is 5.87. The van der Waals surface area contributed by atoms with E-state index in [0.717, 1.165) is 10.6 Å². The quantitative estimate of drug-likeness (QED) is 0.508. The minimum atomic E-state index is -0.575. The zero-order valence-corrected chi connectivity index (χ0v) is 16.7. The molecule has 0 spiro atoms. The normalized spacial score (nSPS) is 11.7. The summed E-state index contributed by atoms with van der Waals surface area (Å²) in [4.78, 5) is 17.4. The number of anilines is 1. The molecule has 1 atom stereocenters. The maximum absolute atomic E-state index is 13.1. The van der Waals surface area contributed by atoms with Crippen LogP contribution in [-0.2, 0) is 4.79 Å². The van der Waals surface area contributed by atoms with Gasteiger partial charge in [0.1, 0.15) is 11.0 Å². The molecule has 0 aliphatic rings. The maximum Gasteiger partial charge on any atom is 0.242 e. The molecule has 3 aromatic rings. The Labute approximate surface area is 171 Å². The molecular formula is C20H16Cl2N2O2S. The van der Waals surface area contributed by atoms with E-state index in [2.05, 4.69) is 10.3 Å². The number of carbonyl (C=O) groups excluding carboxylic acids is 1. The first-order valence-corrected chi connectivity index (χ1v) is 9.68. The largest absolute Gasteiger partial charge is 0.496 e. The molecule has 1 unspecified atom stereocenters. The summed E-state index contributed by atoms with van der Waals surface area (Å²) in [5.41, 5.74) is 1.28. The third-order valence-corrected chi connectivity index (χ3v) is 5.29. The molecule has 0 bridgehead atoms. The molecule has 2 aromatic carbocycles. The Balaban J connectivity index is 1.94. The molecule has 1 amide bonds. The zero-order chi connectivity index (χ0) is 19.2. The van der Waals surface area contributed by atoms with Crippen LogP contribution in [0.4, 0.5) is 5.69 Å². The van der Waals surface area contributed by atoms with E-state index in [0.29, 0.717) is 21.5 Å². The van der Waals surface area contributed by atoms with Crippen LogP contribution in [0.15, 0.2) is 71.9 Å². The number of nitrogens with one attached hydrogen (secondary N) is 1. The van der Waals surface area contributed by atoms with Crippen molar-refractivity contribution in [1.29, 1.82) is 0 Å². The summed E-state index contributed by atoms with van der Waals surface area (Å²) in [6, 6.07) is 17.9. The van der Waals surface area contributed by atoms with Gasteiger partial charge >= 0.3 is 0 Å². The van der Waals surface area contributed by atoms with Gasteiger partial charge in [-0.3, -0.25) is 4.79 Å². The van der Waals surface area contributed by atoms with Gasteiger partial charge in [-0.05, 0) is 36.4 Å². The van der Waals surface area contributed by atoms with Crippen LogP contribution in [-0.4, -0.2) is 18.0 Å². The number of pyridine rings is 1. The molecule has 7 heteroatoms. The summed E-state index contributed by atoms with van der Waals surface area (Å²) >= 11 is 13.4. The molecular weight excluding hydrogens is 403 g/mol. The minimum Gasteiger partial charge on any atom is -0.496 e. The number of rotatable bonds is 6. The Hall–Kier alpha value is -2.21. The van der Waals surface area contributed by atoms with E-state index >= 15 is 0 Å². The predicted molar refractivity (Wildman–Crippen MR) is 111 cm³/mol. The van der Waals surface area contributed by atoms with Crippen molar-refractivity contribution >= 4 is 46.6 Å². The van der Waals surface area contributed by atoms with Crippen LogP contribution >= 0.6 is 35.0 Å². The Morgan fingerprint density at radius 2 is 1.78 bits per heavy atom. The number of ether oxygens (including phenoxy) is 1. The van der Waals surface area contributed by atoms with E-state index in [-0.39, 0.29) is 5.91 Å². The van der Waals surface area contributed by atoms with Crippen LogP contribution in [0.1, 0.15) is 10.8 Å². The van der Waals surface area contributed by atoms with Crippen molar-refractivity contribution in [3.05, 3.63) is 82.5 Å². The van der Waals surface area contributed by atoms with Gasteiger partial charge in [0.05, 0.1) is 12.1 Å². The lowest BCUT2D eigenvalue weighted by Gasteiger charge is -2.19. The van der Waals surface area contributed by atoms with Gasteiger partial charge in [0, 0.05) is 27.5 Å². The lowest BCUT2D eigenvalue weighted by Crippen LogP contribution is -2.19. The molecule has 4 nitrogen and oxygen atoms in total. The maximum atomic E-state index is 13.1. The summed E-state index contributed by atoms with van der Waals surface area (Å²) in [6.07, 6.45) is 1.69. The topological polar surface area (TPSA) is 51.2 Å². The summed E-state index contributed by atoms with van der Waals surface area (Å²) < 4.78 is 5.45. The number of carbonyl (C=O) groups is 1. The van der Waals surface area contributed by atoms with Gasteiger partial charge in [0.2, 0.25) is 5.91 Å². The lowest BCUT2D eigenvalue weighted by molar-refractivity contribution is -0.115. The number of hydrogen-bond donors (Lipinski definition) is 1. The molecule has 3 rings (SSSR count). The molecule has 27 heavy (non-hydrogen) atoms. The van der Waals surface area contributed by atoms with E-state index in [1.807, 2.05) is 42.5 Å². The monoisotopic (exact) mass is 418 g/mol. The molecule has 138 valence electrons. The van der Waals surface area contributed by atoms with Gasteiger partial charge in [0.15, 0.2) is 0 Å². The van der Waals surface area contributed by atoms with Crippen LogP contribution in [0.5, 0.6) is 5.75 Å². The highest BCUT2D eigenvalue weighted by Crippen LogP contribution is 2.39. The highest BCUT2D eigenvalue weighted by atomic mass is 35.5. The summed E-state index contributed by atoms with van der Waals surface area (Å²) in [5, 5.41) is 3.93. The van der Waals surface area contributed by atoms with Crippen LogP contribution in [0.2, 0.25) is 10.0 Å². The van der Waals surface area contributed by atoms with E-state index in [9.17, 15) is 4.79 Å². The van der Waals surface area contributed by atoms with Crippen LogP contribution in [0.3, 0.4) is 0 Å². The van der Waals surface area contributed by atoms with Crippen LogP contribution in [0, 0.1) is 0 Å². The van der Waals surface area contributed by atoms with E-state index in [4.69, 9.17) is 27.9 Å². The zero-order valence-electron chi connectivity index (χ0n) is 14.4. The highest BCUT2D eigenvalue weighted by molar-refractivity contribution is 8.00. The summed E-state index contributed by atoms with van der Waals surface area (Å²) in [6.45, 7) is 0. The second-order valence-electron chi connectivity index (χ2n) is 5.56. The molecule has 0 saturated heterocycles. The van der Waals surface area contributed by atoms with Gasteiger partial charge in [-0.2, -0.15) is 0 Å². The van der Waals surface area contributed by atoms with Crippen LogP contribution < -0.4 is 10.1 Å². The molecule has 1 heterocycles. The lowest BCUT2D eigenvalue weighted by atomic mass is 10.1. The van der Waals surface area contributed by atoms with Gasteiger partial charge < -0.3 is 10.1 Å². The molecule has 0 saturated carbocycles. The molecule has 0 aliphatic heterocycles. The Morgan fingerprint density at radius 1 is 1.07 bits per heavy atom. The summed E-state index contributed by atoms with van der Waals surface area (Å²) in [5.74, 6) is 0.402. The van der Waals surface area contributed by atoms with E-state index in [1.165, 1.54) is 11.8 Å². The second kappa shape index (κ2) is 9.13. The fourth-order valence-electron chi connectivity index (χ4n) is 2.51. The number of para-hydroxylation sites is 1. The average Bonchev–Trinajstić information content (AvgIpc) is 2.66. The number of amides is 1. The molecule has 0 aliphatic carbocycles. The third kappa shape index (κ3) is 5.16. The van der Waals surface area contributed by atoms with Gasteiger partial charge in [-0.25, -0.2) is 4.98 Å². The number of thioether (sulfide) groups is 1. The second-order valence-corrected chi connectivity index (χ2v) is 7.55. The number of benzene rings is 2. The molecule has 0 radical (unpaired) electrons. The number of hydrogen-bond acceptors (Lipinski definition) is 4. The smallest absolute Gasteiger partial charge is 0.242 e. The fraction of sp³-hybridized carbons (Fsp3) is 0.100. The fourth-order valence-corrected chi connectivity index (χ4v) is 4.05. The molecule has 0 fully saturated rings. The Bertz CT molecular complexity index is 918. The number of halogens is 2. The van der Waals surface area contributed by atoms with E-state index in [1.54, 1.807) is 31.5 Å². The van der Waals surface area contributed by atoms with Gasteiger partial charge in [-0.15, -0.1) is 0 Å². The van der Waals surface area contributed by atoms with Crippen molar-refractivity contribution < 1.29 is 9.53 Å². The highest BCUT2D eigenvalue weighted by Gasteiger charge is 2.26. The standard InChI is InChI=1S/C20H16Cl2N2O2S/c1-26-17-7-3-2-6-16(17)19(27-18-8-4-5-9-23-18)20(25)24-15-11-13(21)10-14(22)12-15/h2-12,19H,1H3,(H,24,25). The van der Waals surface area contributed by atoms with Gasteiger partial charge in [-0.1, -0.05) is 59.2 Å². The third-order valence-electron chi connectivity index (χ3n) is 3.67. The average molecular weight is 419 g/mol. The van der Waals surface area contributed by atoms with Crippen molar-refractivity contribution in [2.75, 3.05) is 12.4 Å². The van der Waals surface area contributed by atoms with Crippen LogP contribution in [0.25, 0.3) is 0 Å². The van der Waals surface area contributed by atoms with Crippen molar-refractivity contribution in [2.24, 2.45) is 0 Å². The first kappa shape index (κ1) is 19.5. The summed E-state index contributed by atoms with van der Waals surface area (Å²) in [7, 11) is 1.58. The van der Waals surface area contributed by atoms with E-state index < -0.39 is 5.25 Å². The number of nitrogens with zero attached hydrogens (tertiary/aromatic N) is 1. The minimum absolute atomic E-state index is 0.228. The number of methoxy groups -OCH3 is 1. The Morgan fingerprint density at radius 3 is 2.44 bits per heavy atom. The van der Waals surface area contributed by atoms with Crippen molar-refractivity contribution in [3.63, 3.8) is 0 Å². The van der Waals surface area contributed by atoms with Crippen molar-refractivity contribution in [2.45, 2.75) is 10.3 Å². The van der Waals surface area contributed by atoms with Crippen molar-refractivity contribution in [1.82, 2.24) is 4.98 Å².